The van der Waals surface area contributed by atoms with E-state index in [2.05, 4.69) is 55.4 Å². The number of hydrogen-bond acceptors (Lipinski definition) is 0. The van der Waals surface area contributed by atoms with Crippen LogP contribution in [0.4, 0.5) is 0 Å². The van der Waals surface area contributed by atoms with Crippen molar-refractivity contribution in [3.63, 3.8) is 0 Å². The van der Waals surface area contributed by atoms with Crippen molar-refractivity contribution < 1.29 is 0 Å². The van der Waals surface area contributed by atoms with Crippen LogP contribution in [-0.4, -0.2) is 21.5 Å². The topological polar surface area (TPSA) is 0 Å². The summed E-state index contributed by atoms with van der Waals surface area (Å²) in [6.07, 6.45) is 0. The van der Waals surface area contributed by atoms with Gasteiger partial charge in [0.25, 0.3) is 0 Å². The summed E-state index contributed by atoms with van der Waals surface area (Å²) >= 11 is 4.93. The molecule has 0 aromatic rings. The fourth-order valence-electron chi connectivity index (χ4n) is 1.33. The summed E-state index contributed by atoms with van der Waals surface area (Å²) in [5.74, 6) is 0. The quantitative estimate of drug-likeness (QED) is 0.429. The second-order valence-electron chi connectivity index (χ2n) is 5.39. The minimum atomic E-state index is -1.12. The van der Waals surface area contributed by atoms with E-state index >= 15 is 0 Å². The molecule has 0 rings (SSSR count). The van der Waals surface area contributed by atoms with Gasteiger partial charge in [-0.05, 0) is 11.1 Å². The Hall–Kier alpha value is 1.34. The molecule has 98 valence electrons. The van der Waals surface area contributed by atoms with Crippen LogP contribution in [-0.2, 0) is 0 Å². The van der Waals surface area contributed by atoms with Crippen LogP contribution in [0.3, 0.4) is 0 Å². The molecule has 0 aromatic carbocycles. The molecule has 0 N–H and O–H groups in total. The average Bonchev–Trinajstić information content (AvgIpc) is 2.15. The van der Waals surface area contributed by atoms with Crippen molar-refractivity contribution in [3.8, 4) is 0 Å². The molecule has 0 aliphatic heterocycles. The zero-order valence-corrected chi connectivity index (χ0v) is 16.7. The molecule has 2 radical (unpaired) electrons. The van der Waals surface area contributed by atoms with Gasteiger partial charge >= 0.3 is 60.6 Å². The first-order chi connectivity index (χ1) is 7.11. The van der Waals surface area contributed by atoms with Crippen LogP contribution in [0.15, 0.2) is 0 Å². The van der Waals surface area contributed by atoms with Crippen molar-refractivity contribution in [2.75, 3.05) is 0 Å². The van der Waals surface area contributed by atoms with E-state index in [0.29, 0.717) is 11.1 Å². The molecule has 0 heterocycles. The van der Waals surface area contributed by atoms with Crippen LogP contribution in [0.25, 0.3) is 0 Å². The van der Waals surface area contributed by atoms with Crippen molar-refractivity contribution >= 4 is 42.6 Å². The summed E-state index contributed by atoms with van der Waals surface area (Å²) in [6.45, 7) is 17.7. The Labute approximate surface area is 118 Å². The Balaban J connectivity index is 0. The van der Waals surface area contributed by atoms with Gasteiger partial charge in [0.15, 0.2) is 8.11 Å². The van der Waals surface area contributed by atoms with Gasteiger partial charge in [0.2, 0.25) is 0 Å². The van der Waals surface area contributed by atoms with Crippen molar-refractivity contribution in [1.82, 2.24) is 0 Å². The molecule has 0 aromatic heterocycles. The summed E-state index contributed by atoms with van der Waals surface area (Å²) in [5, 5.41) is 0. The van der Waals surface area contributed by atoms with Crippen LogP contribution in [0, 0.1) is 0 Å². The number of rotatable bonds is 4. The summed E-state index contributed by atoms with van der Waals surface area (Å²) < 4.78 is 1.55. The van der Waals surface area contributed by atoms with Gasteiger partial charge in [-0.2, -0.15) is 11.1 Å². The molecule has 0 saturated carbocycles. The van der Waals surface area contributed by atoms with Gasteiger partial charge in [-0.3, -0.25) is 0 Å². The van der Waals surface area contributed by atoms with E-state index in [0.717, 1.165) is 9.50 Å². The maximum absolute atomic E-state index is 6.12. The molecular formula is C12H28Cl2GeSi. The van der Waals surface area contributed by atoms with Crippen molar-refractivity contribution in [1.29, 1.82) is 0 Å². The van der Waals surface area contributed by atoms with E-state index in [1.165, 1.54) is 0 Å². The molecule has 4 heteroatoms. The molecule has 0 bridgehead atoms. The molecule has 0 aliphatic rings. The zero-order chi connectivity index (χ0) is 13.5. The summed E-state index contributed by atoms with van der Waals surface area (Å²) in [5.41, 5.74) is 1.42. The van der Waals surface area contributed by atoms with Crippen LogP contribution >= 0.6 is 21.1 Å². The van der Waals surface area contributed by atoms with Gasteiger partial charge in [-0.25, -0.2) is 0 Å². The van der Waals surface area contributed by atoms with E-state index in [4.69, 9.17) is 21.1 Å². The number of hydrogen-bond donors (Lipinski definition) is 0. The SMILES string of the molecule is CC(C)[Si](Cl)C(C)C.C[CH](C)[Ge]([Cl])[CH](C)C. The normalized spacial score (nSPS) is 12.0. The van der Waals surface area contributed by atoms with E-state index in [1.54, 1.807) is 0 Å². The zero-order valence-electron chi connectivity index (χ0n) is 12.1. The molecule has 0 aliphatic carbocycles. The minimum absolute atomic E-state index is 0.551. The molecule has 16 heavy (non-hydrogen) atoms. The van der Waals surface area contributed by atoms with E-state index in [9.17, 15) is 0 Å². The molecule has 0 nitrogen and oxygen atoms in total. The molecule has 0 spiro atoms. The first kappa shape index (κ1) is 19.7. The molecular weight excluding hydrogens is 316 g/mol. The Kier molecular flexibility index (Phi) is 12.6. The predicted octanol–water partition coefficient (Wildman–Crippen LogP) is 6.07. The Morgan fingerprint density at radius 2 is 1.00 bits per heavy atom. The third-order valence-electron chi connectivity index (χ3n) is 2.21. The van der Waals surface area contributed by atoms with Crippen LogP contribution in [0.5, 0.6) is 0 Å². The Morgan fingerprint density at radius 1 is 0.750 bits per heavy atom. The first-order valence-corrected chi connectivity index (χ1v) is 14.0. The molecule has 0 fully saturated rings. The van der Waals surface area contributed by atoms with E-state index in [-0.39, 0.29) is 0 Å². The maximum atomic E-state index is 6.12. The van der Waals surface area contributed by atoms with Gasteiger partial charge in [-0.1, -0.05) is 27.7 Å². The molecule has 0 amide bonds. The van der Waals surface area contributed by atoms with Gasteiger partial charge in [0.05, 0.1) is 0 Å². The third kappa shape index (κ3) is 10.5. The van der Waals surface area contributed by atoms with Gasteiger partial charge in [0, 0.05) is 0 Å². The average molecular weight is 344 g/mol. The van der Waals surface area contributed by atoms with E-state index in [1.807, 2.05) is 0 Å². The molecule has 0 unspecified atom stereocenters. The fourth-order valence-corrected chi connectivity index (χ4v) is 5.46. The standard InChI is InChI=1S/C6H14ClGe.C6H14ClSi/c2*1-5(2)8(7)6(3)4/h2*5-6H,1-4H3. The summed E-state index contributed by atoms with van der Waals surface area (Å²) in [6, 6.07) is 0. The first-order valence-electron chi connectivity index (χ1n) is 6.15. The van der Waals surface area contributed by atoms with Crippen LogP contribution in [0.1, 0.15) is 55.4 Å². The fraction of sp³-hybridized carbons (Fsp3) is 1.00. The van der Waals surface area contributed by atoms with Gasteiger partial charge < -0.3 is 0 Å². The van der Waals surface area contributed by atoms with Crippen molar-refractivity contribution in [2.45, 2.75) is 76.0 Å². The van der Waals surface area contributed by atoms with Crippen molar-refractivity contribution in [2.24, 2.45) is 0 Å². The molecule has 0 saturated heterocycles. The van der Waals surface area contributed by atoms with Crippen LogP contribution < -0.4 is 0 Å². The number of halogens is 2. The van der Waals surface area contributed by atoms with E-state index < -0.39 is 21.5 Å². The summed E-state index contributed by atoms with van der Waals surface area (Å²) in [4.78, 5) is 0. The Morgan fingerprint density at radius 3 is 1.00 bits per heavy atom. The monoisotopic (exact) mass is 344 g/mol. The second-order valence-corrected chi connectivity index (χ2v) is 18.5. The van der Waals surface area contributed by atoms with Gasteiger partial charge in [0.1, 0.15) is 0 Å². The predicted molar refractivity (Wildman–Crippen MR) is 83.6 cm³/mol. The Bertz CT molecular complexity index is 127. The third-order valence-corrected chi connectivity index (χ3v) is 16.2. The summed E-state index contributed by atoms with van der Waals surface area (Å²) in [7, 11) is 5.57. The van der Waals surface area contributed by atoms with Crippen molar-refractivity contribution in [3.05, 3.63) is 0 Å². The van der Waals surface area contributed by atoms with Gasteiger partial charge in [-0.15, -0.1) is 0 Å². The van der Waals surface area contributed by atoms with Crippen LogP contribution in [0.2, 0.25) is 20.6 Å². The second kappa shape index (κ2) is 10.3. The molecule has 0 atom stereocenters.